The number of hydrogen-bond acceptors (Lipinski definition) is 6. The molecule has 5 aromatic rings. The van der Waals surface area contributed by atoms with Crippen LogP contribution in [0.2, 0.25) is 0 Å². The Kier molecular flexibility index (Phi) is 5.50. The lowest BCUT2D eigenvalue weighted by Gasteiger charge is -2.28. The number of likely N-dealkylation sites (tertiary alicyclic amines) is 1. The molecule has 6 rings (SSSR count). The van der Waals surface area contributed by atoms with Crippen molar-refractivity contribution in [3.05, 3.63) is 79.1 Å². The van der Waals surface area contributed by atoms with Crippen molar-refractivity contribution in [3.8, 4) is 33.6 Å². The van der Waals surface area contributed by atoms with E-state index < -0.39 is 0 Å². The van der Waals surface area contributed by atoms with Crippen molar-refractivity contribution in [1.29, 1.82) is 0 Å². The maximum Gasteiger partial charge on any atom is 0.160 e. The van der Waals surface area contributed by atoms with Gasteiger partial charge in [0.25, 0.3) is 0 Å². The minimum atomic E-state index is -0.321. The van der Waals surface area contributed by atoms with Crippen LogP contribution in [0.1, 0.15) is 18.9 Å². The van der Waals surface area contributed by atoms with E-state index in [0.717, 1.165) is 53.7 Å². The van der Waals surface area contributed by atoms with E-state index in [9.17, 15) is 4.39 Å². The van der Waals surface area contributed by atoms with Gasteiger partial charge in [-0.3, -0.25) is 4.98 Å². The summed E-state index contributed by atoms with van der Waals surface area (Å²) in [5.41, 5.74) is 4.95. The van der Waals surface area contributed by atoms with Crippen LogP contribution < -0.4 is 0 Å². The second-order valence-electron chi connectivity index (χ2n) is 8.99. The number of benzene rings is 1. The third-order valence-corrected chi connectivity index (χ3v) is 6.65. The van der Waals surface area contributed by atoms with Gasteiger partial charge in [-0.25, -0.2) is 19.0 Å². The van der Waals surface area contributed by atoms with Crippen LogP contribution in [-0.4, -0.2) is 55.0 Å². The largest absolute Gasteiger partial charge is 0.306 e. The van der Waals surface area contributed by atoms with Gasteiger partial charge in [0.2, 0.25) is 0 Å². The predicted octanol–water partition coefficient (Wildman–Crippen LogP) is 5.02. The van der Waals surface area contributed by atoms with Crippen molar-refractivity contribution < 1.29 is 4.39 Å². The molecule has 0 bridgehead atoms. The zero-order valence-electron chi connectivity index (χ0n) is 19.3. The zero-order chi connectivity index (χ0) is 23.8. The lowest BCUT2D eigenvalue weighted by atomic mass is 9.99. The van der Waals surface area contributed by atoms with Crippen molar-refractivity contribution >= 4 is 11.0 Å². The Morgan fingerprint density at radius 2 is 1.74 bits per heavy atom. The van der Waals surface area contributed by atoms with Crippen LogP contribution in [0.5, 0.6) is 0 Å². The van der Waals surface area contributed by atoms with E-state index in [1.54, 1.807) is 36.8 Å². The molecule has 0 aliphatic carbocycles. The molecule has 0 atom stereocenters. The van der Waals surface area contributed by atoms with Crippen molar-refractivity contribution in [2.75, 3.05) is 20.1 Å². The summed E-state index contributed by atoms with van der Waals surface area (Å²) < 4.78 is 16.6. The van der Waals surface area contributed by atoms with Gasteiger partial charge in [0, 0.05) is 40.7 Å². The Balaban J connectivity index is 1.41. The molecule has 1 saturated heterocycles. The van der Waals surface area contributed by atoms with Crippen LogP contribution in [0.4, 0.5) is 4.39 Å². The number of fused-ring (bicyclic) bond motifs is 1. The van der Waals surface area contributed by atoms with Gasteiger partial charge in [0.15, 0.2) is 5.65 Å². The second kappa shape index (κ2) is 8.96. The number of piperidine rings is 1. The van der Waals surface area contributed by atoms with Gasteiger partial charge in [0.1, 0.15) is 11.5 Å². The van der Waals surface area contributed by atoms with Crippen LogP contribution in [0.15, 0.2) is 73.3 Å². The lowest BCUT2D eigenvalue weighted by molar-refractivity contribution is 0.210. The van der Waals surface area contributed by atoms with E-state index in [1.165, 1.54) is 6.07 Å². The first-order valence-electron chi connectivity index (χ1n) is 11.7. The van der Waals surface area contributed by atoms with Gasteiger partial charge >= 0.3 is 0 Å². The maximum atomic E-state index is 14.6. The van der Waals surface area contributed by atoms with Gasteiger partial charge < -0.3 is 4.90 Å². The minimum Gasteiger partial charge on any atom is -0.306 e. The van der Waals surface area contributed by atoms with E-state index in [2.05, 4.69) is 37.2 Å². The van der Waals surface area contributed by atoms with Crippen LogP contribution >= 0.6 is 0 Å². The molecule has 0 saturated carbocycles. The molecular weight excluding hydrogens is 441 g/mol. The highest BCUT2D eigenvalue weighted by Crippen LogP contribution is 2.33. The molecule has 1 aliphatic rings. The Labute approximate surface area is 202 Å². The molecule has 0 radical (unpaired) electrons. The first-order valence-corrected chi connectivity index (χ1v) is 11.7. The molecule has 174 valence electrons. The summed E-state index contributed by atoms with van der Waals surface area (Å²) in [4.78, 5) is 15.9. The third-order valence-electron chi connectivity index (χ3n) is 6.65. The average Bonchev–Trinajstić information content (AvgIpc) is 3.39. The highest BCUT2D eigenvalue weighted by molar-refractivity contribution is 5.95. The molecule has 7 nitrogen and oxygen atoms in total. The summed E-state index contributed by atoms with van der Waals surface area (Å²) in [6, 6.07) is 14.8. The summed E-state index contributed by atoms with van der Waals surface area (Å²) in [5.74, 6) is -0.321. The molecule has 1 aromatic carbocycles. The number of nitrogens with zero attached hydrogens (tertiary/aromatic N) is 7. The number of aromatic nitrogens is 6. The van der Waals surface area contributed by atoms with Crippen molar-refractivity contribution in [2.45, 2.75) is 18.9 Å². The topological polar surface area (TPSA) is 72.6 Å². The summed E-state index contributed by atoms with van der Waals surface area (Å²) >= 11 is 0. The van der Waals surface area contributed by atoms with E-state index >= 15 is 0 Å². The molecule has 0 amide bonds. The highest BCUT2D eigenvalue weighted by Gasteiger charge is 2.20. The Bertz CT molecular complexity index is 1500. The molecule has 0 unspecified atom stereocenters. The minimum absolute atomic E-state index is 0.321. The first-order chi connectivity index (χ1) is 17.2. The van der Waals surface area contributed by atoms with Crippen molar-refractivity contribution in [2.24, 2.45) is 0 Å². The standard InChI is InChI=1S/C27H24FN7/c1-34-11-8-20(9-12-34)35-17-26(32-33-35)19-13-18(15-29-16-19)23-14-25(22-5-2-3-7-24(22)28)31-27-21(23)6-4-10-30-27/h2-7,10,13-17,20H,8-9,11-12H2,1H3. The van der Waals surface area contributed by atoms with E-state index in [1.807, 2.05) is 35.1 Å². The smallest absolute Gasteiger partial charge is 0.160 e. The van der Waals surface area contributed by atoms with Crippen LogP contribution in [-0.2, 0) is 0 Å². The van der Waals surface area contributed by atoms with Crippen molar-refractivity contribution in [1.82, 2.24) is 34.8 Å². The molecular formula is C27H24FN7. The summed E-state index contributed by atoms with van der Waals surface area (Å²) in [7, 11) is 2.15. The molecule has 35 heavy (non-hydrogen) atoms. The average molecular weight is 466 g/mol. The zero-order valence-corrected chi connectivity index (χ0v) is 19.3. The molecule has 4 aromatic heterocycles. The van der Waals surface area contributed by atoms with Crippen molar-refractivity contribution in [3.63, 3.8) is 0 Å². The normalized spacial score (nSPS) is 15.0. The van der Waals surface area contributed by atoms with Gasteiger partial charge in [0.05, 0.1) is 17.9 Å². The Morgan fingerprint density at radius 1 is 0.914 bits per heavy atom. The molecule has 0 spiro atoms. The fourth-order valence-electron chi connectivity index (χ4n) is 4.68. The monoisotopic (exact) mass is 465 g/mol. The molecule has 8 heteroatoms. The summed E-state index contributed by atoms with van der Waals surface area (Å²) in [6.07, 6.45) is 9.43. The third kappa shape index (κ3) is 4.17. The van der Waals surface area contributed by atoms with E-state index in [4.69, 9.17) is 0 Å². The number of hydrogen-bond donors (Lipinski definition) is 0. The maximum absolute atomic E-state index is 14.6. The molecule has 5 heterocycles. The van der Waals surface area contributed by atoms with E-state index in [0.29, 0.717) is 22.9 Å². The van der Waals surface area contributed by atoms with Gasteiger partial charge in [-0.2, -0.15) is 0 Å². The number of halogens is 1. The quantitative estimate of drug-likeness (QED) is 0.371. The number of pyridine rings is 3. The SMILES string of the molecule is CN1CCC(n2cc(-c3cncc(-c4cc(-c5ccccc5F)nc5ncccc45)c3)nn2)CC1. The van der Waals surface area contributed by atoms with Gasteiger partial charge in [-0.15, -0.1) is 5.10 Å². The predicted molar refractivity (Wildman–Crippen MR) is 133 cm³/mol. The molecule has 1 aliphatic heterocycles. The second-order valence-corrected chi connectivity index (χ2v) is 8.99. The summed E-state index contributed by atoms with van der Waals surface area (Å²) in [5, 5.41) is 9.73. The highest BCUT2D eigenvalue weighted by atomic mass is 19.1. The van der Waals surface area contributed by atoms with Crippen LogP contribution in [0, 0.1) is 5.82 Å². The fourth-order valence-corrected chi connectivity index (χ4v) is 4.68. The van der Waals surface area contributed by atoms with Gasteiger partial charge in [-0.1, -0.05) is 17.3 Å². The van der Waals surface area contributed by atoms with Crippen LogP contribution in [0.3, 0.4) is 0 Å². The molecule has 1 fully saturated rings. The van der Waals surface area contributed by atoms with E-state index in [-0.39, 0.29) is 5.82 Å². The summed E-state index contributed by atoms with van der Waals surface area (Å²) in [6.45, 7) is 2.12. The molecule has 0 N–H and O–H groups in total. The Morgan fingerprint density at radius 3 is 2.60 bits per heavy atom. The fraction of sp³-hybridized carbons (Fsp3) is 0.222. The Hall–Kier alpha value is -4.04. The lowest BCUT2D eigenvalue weighted by Crippen LogP contribution is -2.31. The van der Waals surface area contributed by atoms with Crippen LogP contribution in [0.25, 0.3) is 44.7 Å². The number of rotatable bonds is 4. The first kappa shape index (κ1) is 21.5. The van der Waals surface area contributed by atoms with Gasteiger partial charge in [-0.05, 0) is 74.9 Å².